The van der Waals surface area contributed by atoms with Crippen LogP contribution in [0.3, 0.4) is 0 Å². The fourth-order valence-electron chi connectivity index (χ4n) is 4.13. The summed E-state index contributed by atoms with van der Waals surface area (Å²) in [5, 5.41) is 22.8. The molecule has 0 fully saturated rings. The summed E-state index contributed by atoms with van der Waals surface area (Å²) in [5.74, 6) is -0.106. The van der Waals surface area contributed by atoms with Gasteiger partial charge in [0.2, 0.25) is 0 Å². The maximum atomic E-state index is 11.4. The number of benzene rings is 3. The number of aromatic nitrogens is 3. The molecule has 8 heteroatoms. The lowest BCUT2D eigenvalue weighted by Crippen LogP contribution is -2.03. The maximum absolute atomic E-state index is 11.4. The largest absolute Gasteiger partial charge is 0.494 e. The van der Waals surface area contributed by atoms with Gasteiger partial charge >= 0.3 is 0 Å². The molecule has 3 N–H and O–H groups in total. The van der Waals surface area contributed by atoms with Gasteiger partial charge < -0.3 is 15.1 Å². The SMILES string of the molecule is C/C=C(/c1cccc(N=C(c2ccccc2)c2c(O)[nH]c3ccc([N+](=O)[O-])cc23)c1)c1cnc[nH]1. The monoisotopic (exact) mass is 463 g/mol. The van der Waals surface area contributed by atoms with Gasteiger partial charge in [-0.1, -0.05) is 48.5 Å². The highest BCUT2D eigenvalue weighted by atomic mass is 16.6. The molecule has 0 amide bonds. The van der Waals surface area contributed by atoms with E-state index in [4.69, 9.17) is 4.99 Å². The molecular formula is C27H21N5O3. The summed E-state index contributed by atoms with van der Waals surface area (Å²) < 4.78 is 0. The number of allylic oxidation sites excluding steroid dienone is 1. The molecule has 0 radical (unpaired) electrons. The van der Waals surface area contributed by atoms with Crippen LogP contribution in [0.1, 0.15) is 29.3 Å². The van der Waals surface area contributed by atoms with E-state index >= 15 is 0 Å². The molecule has 0 saturated carbocycles. The summed E-state index contributed by atoms with van der Waals surface area (Å²) in [7, 11) is 0. The van der Waals surface area contributed by atoms with Crippen molar-refractivity contribution >= 4 is 33.6 Å². The molecule has 0 aliphatic heterocycles. The van der Waals surface area contributed by atoms with Gasteiger partial charge in [-0.15, -0.1) is 0 Å². The Hall–Kier alpha value is -4.98. The standard InChI is InChI=1S/C27H21N5O3/c1-2-21(24-15-28-16-29-24)18-9-6-10-19(13-18)30-26(17-7-4-3-5-8-17)25-22-14-20(32(34)35)11-12-23(22)31-27(25)33/h2-16,31,33H,1H3,(H,28,29)/b21-2-,30-26?. The molecule has 5 rings (SSSR count). The van der Waals surface area contributed by atoms with Gasteiger partial charge in [0.25, 0.3) is 5.69 Å². The Labute approximate surface area is 200 Å². The molecule has 0 saturated heterocycles. The van der Waals surface area contributed by atoms with E-state index in [2.05, 4.69) is 15.0 Å². The molecule has 8 nitrogen and oxygen atoms in total. The number of nitro benzene ring substituents is 1. The lowest BCUT2D eigenvalue weighted by molar-refractivity contribution is -0.384. The lowest BCUT2D eigenvalue weighted by Gasteiger charge is -2.10. The Morgan fingerprint density at radius 3 is 2.57 bits per heavy atom. The highest BCUT2D eigenvalue weighted by Crippen LogP contribution is 2.34. The van der Waals surface area contributed by atoms with Crippen molar-refractivity contribution in [2.24, 2.45) is 4.99 Å². The number of aromatic hydroxyl groups is 1. The highest BCUT2D eigenvalue weighted by Gasteiger charge is 2.21. The quantitative estimate of drug-likeness (QED) is 0.159. The lowest BCUT2D eigenvalue weighted by atomic mass is 10.00. The smallest absolute Gasteiger partial charge is 0.270 e. The number of hydrogen-bond acceptors (Lipinski definition) is 5. The Bertz CT molecular complexity index is 1580. The predicted molar refractivity (Wildman–Crippen MR) is 136 cm³/mol. The molecule has 0 atom stereocenters. The van der Waals surface area contributed by atoms with Crippen LogP contribution in [0.5, 0.6) is 5.88 Å². The number of non-ortho nitro benzene ring substituents is 1. The summed E-state index contributed by atoms with van der Waals surface area (Å²) in [6, 6.07) is 21.6. The molecule has 2 aromatic heterocycles. The number of nitrogens with zero attached hydrogens (tertiary/aromatic N) is 3. The first kappa shape index (κ1) is 21.8. The van der Waals surface area contributed by atoms with Crippen molar-refractivity contribution in [2.45, 2.75) is 6.92 Å². The third kappa shape index (κ3) is 4.20. The first-order chi connectivity index (χ1) is 17.0. The van der Waals surface area contributed by atoms with Crippen molar-refractivity contribution in [1.29, 1.82) is 0 Å². The first-order valence-electron chi connectivity index (χ1n) is 10.9. The number of H-pyrrole nitrogens is 2. The summed E-state index contributed by atoms with van der Waals surface area (Å²) in [6.07, 6.45) is 5.39. The third-order valence-electron chi connectivity index (χ3n) is 5.73. The average molecular weight is 463 g/mol. The van der Waals surface area contributed by atoms with Crippen LogP contribution < -0.4 is 0 Å². The minimum atomic E-state index is -0.454. The number of nitrogens with one attached hydrogen (secondary N) is 2. The average Bonchev–Trinajstić information content (AvgIpc) is 3.51. The van der Waals surface area contributed by atoms with Gasteiger partial charge in [0, 0.05) is 34.2 Å². The predicted octanol–water partition coefficient (Wildman–Crippen LogP) is 6.13. The Kier molecular flexibility index (Phi) is 5.68. The van der Waals surface area contributed by atoms with E-state index in [0.29, 0.717) is 27.9 Å². The van der Waals surface area contributed by atoms with Crippen LogP contribution in [0.15, 0.2) is 96.4 Å². The normalized spacial score (nSPS) is 12.3. The van der Waals surface area contributed by atoms with Crippen LogP contribution >= 0.6 is 0 Å². The first-order valence-corrected chi connectivity index (χ1v) is 10.9. The molecule has 5 aromatic rings. The minimum Gasteiger partial charge on any atom is -0.494 e. The molecule has 2 heterocycles. The van der Waals surface area contributed by atoms with Gasteiger partial charge in [0.05, 0.1) is 40.1 Å². The molecular weight excluding hydrogens is 442 g/mol. The number of fused-ring (bicyclic) bond motifs is 1. The van der Waals surface area contributed by atoms with Gasteiger partial charge in [0.15, 0.2) is 5.88 Å². The Morgan fingerprint density at radius 1 is 1.06 bits per heavy atom. The second kappa shape index (κ2) is 9.11. The summed E-state index contributed by atoms with van der Waals surface area (Å²) in [6.45, 7) is 1.96. The summed E-state index contributed by atoms with van der Waals surface area (Å²) in [5.41, 5.74) is 5.66. The third-order valence-corrected chi connectivity index (χ3v) is 5.73. The van der Waals surface area contributed by atoms with Gasteiger partial charge in [0.1, 0.15) is 0 Å². The highest BCUT2D eigenvalue weighted by molar-refractivity contribution is 6.22. The zero-order valence-corrected chi connectivity index (χ0v) is 18.8. The fraction of sp³-hybridized carbons (Fsp3) is 0.0370. The van der Waals surface area contributed by atoms with Crippen LogP contribution in [0.4, 0.5) is 11.4 Å². The zero-order valence-electron chi connectivity index (χ0n) is 18.8. The number of hydrogen-bond donors (Lipinski definition) is 3. The van der Waals surface area contributed by atoms with Crippen LogP contribution in [0, 0.1) is 10.1 Å². The molecule has 0 spiro atoms. The number of nitro groups is 1. The second-order valence-electron chi connectivity index (χ2n) is 7.88. The number of aromatic amines is 2. The van der Waals surface area contributed by atoms with E-state index in [-0.39, 0.29) is 11.6 Å². The van der Waals surface area contributed by atoms with Crippen LogP contribution in [-0.4, -0.2) is 30.7 Å². The molecule has 0 bridgehead atoms. The van der Waals surface area contributed by atoms with Crippen molar-refractivity contribution in [3.05, 3.63) is 124 Å². The molecule has 0 aliphatic rings. The van der Waals surface area contributed by atoms with Crippen molar-refractivity contribution in [1.82, 2.24) is 15.0 Å². The van der Waals surface area contributed by atoms with Crippen molar-refractivity contribution in [2.75, 3.05) is 0 Å². The van der Waals surface area contributed by atoms with Gasteiger partial charge in [-0.2, -0.15) is 0 Å². The van der Waals surface area contributed by atoms with Crippen molar-refractivity contribution in [3.63, 3.8) is 0 Å². The Morgan fingerprint density at radius 2 is 1.86 bits per heavy atom. The van der Waals surface area contributed by atoms with Gasteiger partial charge in [-0.05, 0) is 30.7 Å². The topological polar surface area (TPSA) is 120 Å². The van der Waals surface area contributed by atoms with E-state index < -0.39 is 4.92 Å². The molecule has 3 aromatic carbocycles. The van der Waals surface area contributed by atoms with E-state index in [9.17, 15) is 15.2 Å². The summed E-state index contributed by atoms with van der Waals surface area (Å²) >= 11 is 0. The van der Waals surface area contributed by atoms with Crippen LogP contribution in [0.2, 0.25) is 0 Å². The van der Waals surface area contributed by atoms with Crippen LogP contribution in [0.25, 0.3) is 16.5 Å². The maximum Gasteiger partial charge on any atom is 0.270 e. The van der Waals surface area contributed by atoms with E-state index in [0.717, 1.165) is 22.4 Å². The summed E-state index contributed by atoms with van der Waals surface area (Å²) in [4.78, 5) is 26.0. The second-order valence-corrected chi connectivity index (χ2v) is 7.88. The molecule has 35 heavy (non-hydrogen) atoms. The molecule has 0 aliphatic carbocycles. The number of aliphatic imine (C=N–C) groups is 1. The number of imidazole rings is 1. The Balaban J connectivity index is 1.71. The molecule has 0 unspecified atom stereocenters. The van der Waals surface area contributed by atoms with E-state index in [1.165, 1.54) is 12.1 Å². The van der Waals surface area contributed by atoms with Gasteiger partial charge in [-0.3, -0.25) is 10.1 Å². The zero-order chi connectivity index (χ0) is 24.4. The van der Waals surface area contributed by atoms with E-state index in [1.54, 1.807) is 18.6 Å². The van der Waals surface area contributed by atoms with Crippen LogP contribution in [-0.2, 0) is 0 Å². The van der Waals surface area contributed by atoms with Gasteiger partial charge in [-0.25, -0.2) is 9.98 Å². The van der Waals surface area contributed by atoms with Crippen molar-refractivity contribution < 1.29 is 10.0 Å². The number of rotatable bonds is 6. The van der Waals surface area contributed by atoms with Crippen molar-refractivity contribution in [3.8, 4) is 5.88 Å². The molecule has 172 valence electrons. The van der Waals surface area contributed by atoms with E-state index in [1.807, 2.05) is 67.6 Å². The minimum absolute atomic E-state index is 0.0653. The fourth-order valence-corrected chi connectivity index (χ4v) is 4.13.